The summed E-state index contributed by atoms with van der Waals surface area (Å²) in [6.07, 6.45) is 4.30. The zero-order valence-corrected chi connectivity index (χ0v) is 13.0. The predicted molar refractivity (Wildman–Crippen MR) is 71.4 cm³/mol. The predicted octanol–water partition coefficient (Wildman–Crippen LogP) is 0.958. The first kappa shape index (κ1) is 15.4. The van der Waals surface area contributed by atoms with Crippen molar-refractivity contribution in [3.8, 4) is 0 Å². The molecule has 1 atom stereocenters. The van der Waals surface area contributed by atoms with Crippen LogP contribution in [0.25, 0.3) is 0 Å². The molecule has 5 nitrogen and oxygen atoms in total. The monoisotopic (exact) mass is 347 g/mol. The lowest BCUT2D eigenvalue weighted by molar-refractivity contribution is 0.249. The third-order valence-electron chi connectivity index (χ3n) is 2.74. The topological polar surface area (TPSA) is 71.5 Å². The maximum Gasteiger partial charge on any atom is 0.228 e. The van der Waals surface area contributed by atoms with Gasteiger partial charge in [0.1, 0.15) is 0 Å². The first-order valence-electron chi connectivity index (χ1n) is 5.49. The zero-order valence-electron chi connectivity index (χ0n) is 9.80. The number of rotatable bonds is 5. The quantitative estimate of drug-likeness (QED) is 0.694. The molecule has 1 heterocycles. The molecule has 1 fully saturated rings. The number of sulfonamides is 1. The highest BCUT2D eigenvalue weighted by molar-refractivity contribution is 9.09. The average Bonchev–Trinajstić information content (AvgIpc) is 2.15. The second-order valence-electron chi connectivity index (χ2n) is 4.39. The van der Waals surface area contributed by atoms with E-state index in [0.29, 0.717) is 6.54 Å². The van der Waals surface area contributed by atoms with Gasteiger partial charge in [-0.15, -0.1) is 0 Å². The van der Waals surface area contributed by atoms with Crippen LogP contribution in [-0.4, -0.2) is 50.4 Å². The molecular formula is C9H18BrNO4S2. The molecule has 17 heavy (non-hydrogen) atoms. The Balaban J connectivity index is 2.87. The van der Waals surface area contributed by atoms with Crippen LogP contribution in [0.2, 0.25) is 0 Å². The fourth-order valence-electron chi connectivity index (χ4n) is 2.09. The van der Waals surface area contributed by atoms with Crippen LogP contribution < -0.4 is 0 Å². The van der Waals surface area contributed by atoms with Gasteiger partial charge in [0.25, 0.3) is 0 Å². The average molecular weight is 348 g/mol. The Bertz CT molecular complexity index is 444. The highest BCUT2D eigenvalue weighted by Crippen LogP contribution is 2.24. The SMILES string of the molecule is CS(=O)(=O)CS(=O)(=O)N1CCCCC1CCBr. The molecule has 0 aliphatic carbocycles. The molecule has 0 aromatic carbocycles. The summed E-state index contributed by atoms with van der Waals surface area (Å²) in [5.74, 6) is 0. The van der Waals surface area contributed by atoms with Crippen LogP contribution in [0.5, 0.6) is 0 Å². The molecule has 1 rings (SSSR count). The number of hydrogen-bond donors (Lipinski definition) is 0. The van der Waals surface area contributed by atoms with Crippen LogP contribution in [0.15, 0.2) is 0 Å². The standard InChI is InChI=1S/C9H18BrNO4S2/c1-16(12,13)8-17(14,15)11-7-3-2-4-9(11)5-6-10/h9H,2-8H2,1H3. The van der Waals surface area contributed by atoms with E-state index < -0.39 is 24.9 Å². The van der Waals surface area contributed by atoms with Crippen molar-refractivity contribution in [2.24, 2.45) is 0 Å². The largest absolute Gasteiger partial charge is 0.228 e. The second kappa shape index (κ2) is 5.99. The first-order valence-corrected chi connectivity index (χ1v) is 10.3. The molecule has 0 aromatic heterocycles. The van der Waals surface area contributed by atoms with E-state index in [9.17, 15) is 16.8 Å². The van der Waals surface area contributed by atoms with Gasteiger partial charge < -0.3 is 0 Å². The third-order valence-corrected chi connectivity index (χ3v) is 7.29. The summed E-state index contributed by atoms with van der Waals surface area (Å²) in [5.41, 5.74) is 0. The van der Waals surface area contributed by atoms with Crippen molar-refractivity contribution in [2.45, 2.75) is 31.7 Å². The van der Waals surface area contributed by atoms with Crippen molar-refractivity contribution in [1.29, 1.82) is 0 Å². The Kier molecular flexibility index (Phi) is 5.42. The highest BCUT2D eigenvalue weighted by Gasteiger charge is 2.33. The van der Waals surface area contributed by atoms with Gasteiger partial charge in [-0.2, -0.15) is 4.31 Å². The molecule has 1 aliphatic rings. The molecule has 1 aliphatic heterocycles. The van der Waals surface area contributed by atoms with Gasteiger partial charge in [0.15, 0.2) is 14.9 Å². The Labute approximate surface area is 112 Å². The van der Waals surface area contributed by atoms with Gasteiger partial charge in [-0.1, -0.05) is 22.4 Å². The fourth-order valence-corrected chi connectivity index (χ4v) is 6.40. The van der Waals surface area contributed by atoms with E-state index in [0.717, 1.165) is 37.3 Å². The van der Waals surface area contributed by atoms with Crippen LogP contribution in [0.4, 0.5) is 0 Å². The van der Waals surface area contributed by atoms with Gasteiger partial charge in [0.2, 0.25) is 10.0 Å². The molecule has 8 heteroatoms. The summed E-state index contributed by atoms with van der Waals surface area (Å²) in [6, 6.07) is -0.0603. The summed E-state index contributed by atoms with van der Waals surface area (Å²) in [5, 5.41) is -0.0542. The molecule has 0 bridgehead atoms. The lowest BCUT2D eigenvalue weighted by atomic mass is 10.0. The molecular weight excluding hydrogens is 330 g/mol. The second-order valence-corrected chi connectivity index (χ2v) is 9.61. The first-order chi connectivity index (χ1) is 7.76. The van der Waals surface area contributed by atoms with Crippen molar-refractivity contribution in [1.82, 2.24) is 4.31 Å². The summed E-state index contributed by atoms with van der Waals surface area (Å²) in [4.78, 5) is 0. The number of halogens is 1. The minimum Gasteiger partial charge on any atom is -0.228 e. The van der Waals surface area contributed by atoms with E-state index in [1.807, 2.05) is 0 Å². The van der Waals surface area contributed by atoms with Crippen molar-refractivity contribution in [3.63, 3.8) is 0 Å². The van der Waals surface area contributed by atoms with Crippen LogP contribution in [0.1, 0.15) is 25.7 Å². The van der Waals surface area contributed by atoms with Gasteiger partial charge in [0, 0.05) is 24.2 Å². The molecule has 0 amide bonds. The summed E-state index contributed by atoms with van der Waals surface area (Å²) < 4.78 is 47.7. The minimum atomic E-state index is -3.69. The summed E-state index contributed by atoms with van der Waals surface area (Å²) >= 11 is 3.30. The molecule has 0 aromatic rings. The Morgan fingerprint density at radius 2 is 1.88 bits per heavy atom. The summed E-state index contributed by atoms with van der Waals surface area (Å²) in [7, 11) is -7.20. The third kappa shape index (κ3) is 4.84. The molecule has 0 spiro atoms. The number of piperidine rings is 1. The zero-order chi connectivity index (χ0) is 13.1. The molecule has 0 radical (unpaired) electrons. The van der Waals surface area contributed by atoms with Crippen molar-refractivity contribution < 1.29 is 16.8 Å². The van der Waals surface area contributed by atoms with Gasteiger partial charge in [-0.25, -0.2) is 16.8 Å². The lowest BCUT2D eigenvalue weighted by Crippen LogP contribution is -2.45. The van der Waals surface area contributed by atoms with E-state index >= 15 is 0 Å². The Morgan fingerprint density at radius 1 is 1.24 bits per heavy atom. The van der Waals surface area contributed by atoms with Gasteiger partial charge >= 0.3 is 0 Å². The van der Waals surface area contributed by atoms with Gasteiger partial charge in [-0.3, -0.25) is 0 Å². The normalized spacial score (nSPS) is 23.8. The molecule has 1 unspecified atom stereocenters. The van der Waals surface area contributed by atoms with Gasteiger partial charge in [0.05, 0.1) is 0 Å². The van der Waals surface area contributed by atoms with Gasteiger partial charge in [-0.05, 0) is 19.3 Å². The fraction of sp³-hybridized carbons (Fsp3) is 1.00. The number of alkyl halides is 1. The van der Waals surface area contributed by atoms with E-state index in [2.05, 4.69) is 15.9 Å². The Morgan fingerprint density at radius 3 is 2.41 bits per heavy atom. The van der Waals surface area contributed by atoms with E-state index in [1.54, 1.807) is 0 Å². The number of hydrogen-bond acceptors (Lipinski definition) is 4. The lowest BCUT2D eigenvalue weighted by Gasteiger charge is -2.34. The van der Waals surface area contributed by atoms with E-state index in [4.69, 9.17) is 0 Å². The summed E-state index contributed by atoms with van der Waals surface area (Å²) in [6.45, 7) is 0.440. The van der Waals surface area contributed by atoms with Crippen LogP contribution in [0, 0.1) is 0 Å². The van der Waals surface area contributed by atoms with E-state index in [1.165, 1.54) is 4.31 Å². The van der Waals surface area contributed by atoms with Crippen LogP contribution in [-0.2, 0) is 19.9 Å². The van der Waals surface area contributed by atoms with Crippen molar-refractivity contribution in [3.05, 3.63) is 0 Å². The molecule has 102 valence electrons. The molecule has 0 N–H and O–H groups in total. The Hall–Kier alpha value is 0.340. The minimum absolute atomic E-state index is 0.0603. The highest BCUT2D eigenvalue weighted by atomic mass is 79.9. The number of sulfone groups is 1. The maximum atomic E-state index is 12.0. The van der Waals surface area contributed by atoms with E-state index in [-0.39, 0.29) is 6.04 Å². The maximum absolute atomic E-state index is 12.0. The van der Waals surface area contributed by atoms with Crippen molar-refractivity contribution >= 4 is 35.8 Å². The van der Waals surface area contributed by atoms with Crippen LogP contribution >= 0.6 is 15.9 Å². The number of nitrogens with zero attached hydrogens (tertiary/aromatic N) is 1. The smallest absolute Gasteiger partial charge is 0.228 e. The van der Waals surface area contributed by atoms with Crippen LogP contribution in [0.3, 0.4) is 0 Å². The molecule has 1 saturated heterocycles. The van der Waals surface area contributed by atoms with Crippen molar-refractivity contribution in [2.75, 3.05) is 23.2 Å². The molecule has 0 saturated carbocycles.